The Labute approximate surface area is 113 Å². The minimum atomic E-state index is -4.35. The number of rotatable bonds is 3. The zero-order valence-electron chi connectivity index (χ0n) is 10.0. The average molecular weight is 325 g/mol. The van der Waals surface area contributed by atoms with Gasteiger partial charge in [0.1, 0.15) is 0 Å². The zero-order valence-corrected chi connectivity index (χ0v) is 11.6. The third kappa shape index (κ3) is 3.08. The van der Waals surface area contributed by atoms with E-state index in [2.05, 4.69) is 21.0 Å². The maximum absolute atomic E-state index is 12.5. The molecule has 1 fully saturated rings. The van der Waals surface area contributed by atoms with Gasteiger partial charge in [-0.05, 0) is 24.3 Å². The van der Waals surface area contributed by atoms with Crippen molar-refractivity contribution in [3.8, 4) is 0 Å². The zero-order chi connectivity index (χ0) is 13.2. The first-order valence-electron chi connectivity index (χ1n) is 6.12. The molecule has 6 heteroatoms. The van der Waals surface area contributed by atoms with E-state index in [1.54, 1.807) is 0 Å². The Morgan fingerprint density at radius 3 is 2.44 bits per heavy atom. The van der Waals surface area contributed by atoms with Gasteiger partial charge >= 0.3 is 6.18 Å². The highest BCUT2D eigenvalue weighted by Crippen LogP contribution is 2.39. The van der Waals surface area contributed by atoms with Gasteiger partial charge in [-0.2, -0.15) is 18.3 Å². The van der Waals surface area contributed by atoms with Gasteiger partial charge in [0.25, 0.3) is 0 Å². The predicted octanol–water partition coefficient (Wildman–Crippen LogP) is 4.25. The minimum Gasteiger partial charge on any atom is -0.272 e. The third-order valence-electron chi connectivity index (χ3n) is 3.63. The van der Waals surface area contributed by atoms with Crippen LogP contribution in [0.25, 0.3) is 0 Å². The smallest absolute Gasteiger partial charge is 0.272 e. The third-order valence-corrected chi connectivity index (χ3v) is 4.82. The molecule has 2 rings (SSSR count). The summed E-state index contributed by atoms with van der Waals surface area (Å²) in [4.78, 5) is 0. The number of halogens is 4. The van der Waals surface area contributed by atoms with E-state index in [1.165, 1.54) is 17.3 Å². The van der Waals surface area contributed by atoms with E-state index < -0.39 is 11.9 Å². The van der Waals surface area contributed by atoms with Crippen molar-refractivity contribution in [2.45, 2.75) is 44.8 Å². The van der Waals surface area contributed by atoms with Gasteiger partial charge < -0.3 is 0 Å². The Morgan fingerprint density at radius 1 is 1.28 bits per heavy atom. The van der Waals surface area contributed by atoms with E-state index in [4.69, 9.17) is 0 Å². The fraction of sp³-hybridized carbons (Fsp3) is 0.750. The van der Waals surface area contributed by atoms with Crippen LogP contribution in [0.1, 0.15) is 37.8 Å². The minimum absolute atomic E-state index is 0.0626. The molecule has 0 unspecified atom stereocenters. The highest BCUT2D eigenvalue weighted by atomic mass is 79.9. The molecule has 0 radical (unpaired) electrons. The van der Waals surface area contributed by atoms with Gasteiger partial charge in [-0.25, -0.2) is 0 Å². The van der Waals surface area contributed by atoms with E-state index in [0.29, 0.717) is 6.54 Å². The Morgan fingerprint density at radius 2 is 1.94 bits per heavy atom. The molecule has 0 N–H and O–H groups in total. The molecule has 1 heterocycles. The number of hydrogen-bond donors (Lipinski definition) is 0. The van der Waals surface area contributed by atoms with Gasteiger partial charge in [-0.3, -0.25) is 4.68 Å². The van der Waals surface area contributed by atoms with Crippen LogP contribution in [-0.2, 0) is 12.7 Å². The number of aromatic nitrogens is 2. The van der Waals surface area contributed by atoms with Crippen molar-refractivity contribution in [1.29, 1.82) is 0 Å². The highest BCUT2D eigenvalue weighted by molar-refractivity contribution is 9.09. The van der Waals surface area contributed by atoms with Crippen molar-refractivity contribution in [2.24, 2.45) is 5.41 Å². The second kappa shape index (κ2) is 5.23. The largest absolute Gasteiger partial charge is 0.435 e. The van der Waals surface area contributed by atoms with Crippen LogP contribution in [0.4, 0.5) is 13.2 Å². The first-order chi connectivity index (χ1) is 8.45. The molecule has 1 aliphatic rings. The van der Waals surface area contributed by atoms with Crippen molar-refractivity contribution >= 4 is 15.9 Å². The molecule has 0 atom stereocenters. The predicted molar refractivity (Wildman–Crippen MR) is 66.5 cm³/mol. The highest BCUT2D eigenvalue weighted by Gasteiger charge is 2.35. The van der Waals surface area contributed by atoms with Crippen LogP contribution >= 0.6 is 15.9 Å². The maximum atomic E-state index is 12.5. The second-order valence-corrected chi connectivity index (χ2v) is 5.65. The Bertz CT molecular complexity index is 394. The molecule has 0 bridgehead atoms. The maximum Gasteiger partial charge on any atom is 0.435 e. The number of hydrogen-bond acceptors (Lipinski definition) is 1. The summed E-state index contributed by atoms with van der Waals surface area (Å²) in [5, 5.41) is 4.46. The quantitative estimate of drug-likeness (QED) is 0.760. The fourth-order valence-corrected chi connectivity index (χ4v) is 3.32. The van der Waals surface area contributed by atoms with Crippen molar-refractivity contribution < 1.29 is 13.2 Å². The molecule has 0 saturated heterocycles. The van der Waals surface area contributed by atoms with Crippen LogP contribution in [0.2, 0.25) is 0 Å². The van der Waals surface area contributed by atoms with Crippen LogP contribution in [0.5, 0.6) is 0 Å². The van der Waals surface area contributed by atoms with Gasteiger partial charge in [0.2, 0.25) is 0 Å². The van der Waals surface area contributed by atoms with Gasteiger partial charge in [-0.1, -0.05) is 35.2 Å². The van der Waals surface area contributed by atoms with E-state index in [9.17, 15) is 13.2 Å². The molecule has 102 valence electrons. The molecule has 0 amide bonds. The summed E-state index contributed by atoms with van der Waals surface area (Å²) in [6, 6.07) is 1.05. The lowest BCUT2D eigenvalue weighted by molar-refractivity contribution is -0.141. The summed E-state index contributed by atoms with van der Waals surface area (Å²) in [5.41, 5.74) is -0.740. The summed E-state index contributed by atoms with van der Waals surface area (Å²) in [7, 11) is 0. The monoisotopic (exact) mass is 324 g/mol. The lowest BCUT2D eigenvalue weighted by atomic mass is 9.76. The van der Waals surface area contributed by atoms with Gasteiger partial charge in [0.05, 0.1) is 0 Å². The molecule has 1 aliphatic carbocycles. The van der Waals surface area contributed by atoms with Gasteiger partial charge in [0, 0.05) is 18.1 Å². The SMILES string of the molecule is FC(F)(F)c1ccn(CC2(CBr)CCCCC2)n1. The molecule has 0 spiro atoms. The van der Waals surface area contributed by atoms with E-state index in [-0.39, 0.29) is 5.41 Å². The van der Waals surface area contributed by atoms with Crippen molar-refractivity contribution in [3.63, 3.8) is 0 Å². The van der Waals surface area contributed by atoms with Crippen LogP contribution in [0, 0.1) is 5.41 Å². The molecule has 0 aromatic carbocycles. The number of nitrogens with zero attached hydrogens (tertiary/aromatic N) is 2. The molecule has 0 aliphatic heterocycles. The summed E-state index contributed by atoms with van der Waals surface area (Å²) >= 11 is 3.51. The standard InChI is InChI=1S/C12H16BrF3N2/c13-8-11(5-2-1-3-6-11)9-18-7-4-10(17-18)12(14,15)16/h4,7H,1-3,5-6,8-9H2. The average Bonchev–Trinajstić information content (AvgIpc) is 2.78. The molecule has 18 heavy (non-hydrogen) atoms. The lowest BCUT2D eigenvalue weighted by Gasteiger charge is -2.35. The second-order valence-electron chi connectivity index (χ2n) is 5.09. The Hall–Kier alpha value is -0.520. The van der Waals surface area contributed by atoms with Crippen molar-refractivity contribution in [3.05, 3.63) is 18.0 Å². The fourth-order valence-electron chi connectivity index (χ4n) is 2.58. The van der Waals surface area contributed by atoms with Crippen LogP contribution < -0.4 is 0 Å². The topological polar surface area (TPSA) is 17.8 Å². The number of alkyl halides is 4. The van der Waals surface area contributed by atoms with E-state index in [0.717, 1.165) is 37.1 Å². The molecule has 1 saturated carbocycles. The van der Waals surface area contributed by atoms with Gasteiger partial charge in [-0.15, -0.1) is 0 Å². The Balaban J connectivity index is 2.10. The van der Waals surface area contributed by atoms with Crippen molar-refractivity contribution in [2.75, 3.05) is 5.33 Å². The molecule has 2 nitrogen and oxygen atoms in total. The summed E-state index contributed by atoms with van der Waals surface area (Å²) < 4.78 is 38.9. The van der Waals surface area contributed by atoms with E-state index in [1.807, 2.05) is 0 Å². The van der Waals surface area contributed by atoms with Crippen molar-refractivity contribution in [1.82, 2.24) is 9.78 Å². The lowest BCUT2D eigenvalue weighted by Crippen LogP contribution is -2.31. The first kappa shape index (κ1) is 13.9. The summed E-state index contributed by atoms with van der Waals surface area (Å²) in [5.74, 6) is 0. The van der Waals surface area contributed by atoms with Crippen LogP contribution in [0.15, 0.2) is 12.3 Å². The molecular weight excluding hydrogens is 309 g/mol. The molecule has 1 aromatic heterocycles. The molecule has 1 aromatic rings. The first-order valence-corrected chi connectivity index (χ1v) is 7.24. The van der Waals surface area contributed by atoms with Crippen LogP contribution in [0.3, 0.4) is 0 Å². The normalized spacial score (nSPS) is 20.0. The van der Waals surface area contributed by atoms with E-state index >= 15 is 0 Å². The molecular formula is C12H16BrF3N2. The summed E-state index contributed by atoms with van der Waals surface area (Å²) in [6.45, 7) is 0.564. The Kier molecular flexibility index (Phi) is 4.04. The van der Waals surface area contributed by atoms with Crippen LogP contribution in [-0.4, -0.2) is 15.1 Å². The summed E-state index contributed by atoms with van der Waals surface area (Å²) in [6.07, 6.45) is 2.72. The van der Waals surface area contributed by atoms with Gasteiger partial charge in [0.15, 0.2) is 5.69 Å².